The predicted octanol–water partition coefficient (Wildman–Crippen LogP) is 8.70. The molecule has 12 nitrogen and oxygen atoms in total. The Balaban J connectivity index is 1.08. The van der Waals surface area contributed by atoms with E-state index in [1.807, 2.05) is 146 Å². The van der Waals surface area contributed by atoms with Crippen LogP contribution < -0.4 is 10.6 Å². The lowest BCUT2D eigenvalue weighted by Crippen LogP contribution is -2.71. The van der Waals surface area contributed by atoms with Gasteiger partial charge >= 0.3 is 11.9 Å². The number of carboxylic acids is 1. The largest absolute Gasteiger partial charge is 0.477 e. The number of aromatic nitrogens is 1. The van der Waals surface area contributed by atoms with E-state index in [9.17, 15) is 19.5 Å². The SMILES string of the molecule is O=C1CC[C@@H](C2=C(C(=O)O)N3C(=O)[C@@H](NC(=O)/C(=N\OC(c4ccccc4)(c4ccccc4)c4ccccc4)c4csc(NC(c5ccccc5)(c5ccccc5)c5ccccc5)n4)[C@H]3SC2)O1. The van der Waals surface area contributed by atoms with Crippen LogP contribution in [-0.2, 0) is 39.9 Å². The van der Waals surface area contributed by atoms with Crippen LogP contribution in [0.4, 0.5) is 5.13 Å². The van der Waals surface area contributed by atoms with Crippen molar-refractivity contribution in [1.29, 1.82) is 0 Å². The van der Waals surface area contributed by atoms with Gasteiger partial charge in [-0.15, -0.1) is 23.1 Å². The molecule has 1 aromatic heterocycles. The number of rotatable bonds is 15. The highest BCUT2D eigenvalue weighted by Crippen LogP contribution is 2.45. The lowest BCUT2D eigenvalue weighted by atomic mass is 9.77. The number of benzene rings is 6. The summed E-state index contributed by atoms with van der Waals surface area (Å²) < 4.78 is 5.43. The molecule has 3 aliphatic heterocycles. The molecule has 6 aromatic carbocycles. The molecule has 7 aromatic rings. The number of fused-ring (bicyclic) bond motifs is 1. The monoisotopic (exact) mass is 937 g/mol. The second kappa shape index (κ2) is 18.8. The molecule has 0 radical (unpaired) electrons. The third-order valence-corrected chi connectivity index (χ3v) is 14.5. The second-order valence-corrected chi connectivity index (χ2v) is 18.3. The zero-order valence-corrected chi connectivity index (χ0v) is 37.9. The van der Waals surface area contributed by atoms with Crippen molar-refractivity contribution in [3.8, 4) is 0 Å². The Kier molecular flexibility index (Phi) is 12.2. The van der Waals surface area contributed by atoms with Gasteiger partial charge in [0.05, 0.1) is 0 Å². The van der Waals surface area contributed by atoms with E-state index in [1.165, 1.54) is 28.0 Å². The topological polar surface area (TPSA) is 160 Å². The van der Waals surface area contributed by atoms with Gasteiger partial charge in [-0.25, -0.2) is 9.78 Å². The van der Waals surface area contributed by atoms with Gasteiger partial charge < -0.3 is 25.3 Å². The molecule has 68 heavy (non-hydrogen) atoms. The zero-order chi connectivity index (χ0) is 46.7. The minimum absolute atomic E-state index is 0.158. The average Bonchev–Trinajstić information content (AvgIpc) is 4.05. The maximum Gasteiger partial charge on any atom is 0.352 e. The highest BCUT2D eigenvalue weighted by atomic mass is 32.2. The van der Waals surface area contributed by atoms with E-state index >= 15 is 4.79 Å². The van der Waals surface area contributed by atoms with Gasteiger partial charge in [-0.2, -0.15) is 0 Å². The van der Waals surface area contributed by atoms with Crippen molar-refractivity contribution in [2.45, 2.75) is 41.5 Å². The summed E-state index contributed by atoms with van der Waals surface area (Å²) in [6.07, 6.45) is -0.260. The van der Waals surface area contributed by atoms with Crippen molar-refractivity contribution < 1.29 is 33.9 Å². The van der Waals surface area contributed by atoms with E-state index in [1.54, 1.807) is 5.38 Å². The second-order valence-electron chi connectivity index (χ2n) is 16.4. The number of cyclic esters (lactones) is 1. The summed E-state index contributed by atoms with van der Waals surface area (Å²) in [5, 5.41) is 23.2. The molecule has 10 rings (SSSR count). The fourth-order valence-corrected chi connectivity index (χ4v) is 11.4. The van der Waals surface area contributed by atoms with Crippen molar-refractivity contribution >= 4 is 57.7 Å². The average molecular weight is 938 g/mol. The standard InChI is InChI=1S/C54H43N5O7S2/c60-44-32-31-43(65-44)41-33-67-50-46(49(62)59(50)47(41)51(63)64)56-48(61)45(58-66-54(38-25-13-4-14-26-38,39-27-15-5-16-28-39)40-29-17-6-18-30-40)42-34-68-52(55-42)57-53(35-19-7-1-8-20-35,36-21-9-2-10-22-36)37-23-11-3-12-24-37/h1-30,34,43,46,50H,31-33H2,(H,55,57)(H,56,61)(H,63,64)/b58-45-/t43-,46+,50+/m0/s1. The first-order valence-electron chi connectivity index (χ1n) is 22.0. The maximum atomic E-state index is 15.0. The van der Waals surface area contributed by atoms with Crippen LogP contribution in [0.15, 0.2) is 204 Å². The van der Waals surface area contributed by atoms with Crippen molar-refractivity contribution in [2.75, 3.05) is 11.1 Å². The molecule has 0 spiro atoms. The molecular formula is C54H43N5O7S2. The predicted molar refractivity (Wildman–Crippen MR) is 261 cm³/mol. The number of hydrogen-bond acceptors (Lipinski definition) is 11. The van der Waals surface area contributed by atoms with Crippen molar-refractivity contribution in [3.63, 3.8) is 0 Å². The van der Waals surface area contributed by atoms with Crippen molar-refractivity contribution in [1.82, 2.24) is 15.2 Å². The van der Waals surface area contributed by atoms with Crippen LogP contribution >= 0.6 is 23.1 Å². The molecule has 2 saturated heterocycles. The van der Waals surface area contributed by atoms with Crippen LogP contribution in [0.25, 0.3) is 0 Å². The summed E-state index contributed by atoms with van der Waals surface area (Å²) in [7, 11) is 0. The number of hydrogen-bond donors (Lipinski definition) is 3. The highest BCUT2D eigenvalue weighted by molar-refractivity contribution is 8.00. The fourth-order valence-electron chi connectivity index (χ4n) is 9.25. The van der Waals surface area contributed by atoms with Crippen LogP contribution in [0.1, 0.15) is 51.9 Å². The minimum Gasteiger partial charge on any atom is -0.477 e. The highest BCUT2D eigenvalue weighted by Gasteiger charge is 2.56. The number of esters is 1. The van der Waals surface area contributed by atoms with Gasteiger partial charge in [-0.05, 0) is 23.1 Å². The van der Waals surface area contributed by atoms with Gasteiger partial charge in [0.25, 0.3) is 11.8 Å². The summed E-state index contributed by atoms with van der Waals surface area (Å²) in [6.45, 7) is 0. The quantitative estimate of drug-likeness (QED) is 0.0299. The summed E-state index contributed by atoms with van der Waals surface area (Å²) in [5.41, 5.74) is 2.82. The van der Waals surface area contributed by atoms with Crippen LogP contribution in [0.2, 0.25) is 0 Å². The summed E-state index contributed by atoms with van der Waals surface area (Å²) in [5.74, 6) is -2.94. The Morgan fingerprint density at radius 1 is 0.706 bits per heavy atom. The van der Waals surface area contributed by atoms with Crippen LogP contribution in [0.3, 0.4) is 0 Å². The number of thiazole rings is 1. The summed E-state index contributed by atoms with van der Waals surface area (Å²) in [4.78, 5) is 67.0. The number of thioether (sulfide) groups is 1. The molecule has 3 N–H and O–H groups in total. The van der Waals surface area contributed by atoms with E-state index in [0.29, 0.717) is 17.1 Å². The third kappa shape index (κ3) is 8.01. The molecule has 4 heterocycles. The molecule has 0 unspecified atom stereocenters. The Morgan fingerprint density at radius 2 is 1.18 bits per heavy atom. The maximum absolute atomic E-state index is 15.0. The Labute approximate surface area is 400 Å². The van der Waals surface area contributed by atoms with Gasteiger partial charge in [0, 0.05) is 39.8 Å². The molecule has 338 valence electrons. The minimum atomic E-state index is -1.38. The molecule has 0 saturated carbocycles. The first-order valence-corrected chi connectivity index (χ1v) is 24.0. The van der Waals surface area contributed by atoms with Crippen LogP contribution in [-0.4, -0.2) is 67.7 Å². The van der Waals surface area contributed by atoms with Crippen LogP contribution in [0.5, 0.6) is 0 Å². The number of aliphatic carboxylic acids is 1. The number of β-lactam (4-membered cyclic amide) rings is 1. The van der Waals surface area contributed by atoms with E-state index in [-0.39, 0.29) is 29.3 Å². The molecule has 2 amide bonds. The summed E-state index contributed by atoms with van der Waals surface area (Å²) >= 11 is 2.57. The first-order chi connectivity index (χ1) is 33.3. The lowest BCUT2D eigenvalue weighted by Gasteiger charge is -2.49. The molecule has 3 atom stereocenters. The van der Waals surface area contributed by atoms with E-state index in [4.69, 9.17) is 19.7 Å². The third-order valence-electron chi connectivity index (χ3n) is 12.5. The van der Waals surface area contributed by atoms with E-state index in [2.05, 4.69) is 47.0 Å². The number of ether oxygens (including phenoxy) is 1. The number of oxime groups is 1. The number of amides is 2. The number of nitrogens with zero attached hydrogens (tertiary/aromatic N) is 3. The number of carbonyl (C=O) groups excluding carboxylic acids is 3. The number of nitrogens with one attached hydrogen (secondary N) is 2. The van der Waals surface area contributed by atoms with Gasteiger partial charge in [0.1, 0.15) is 34.4 Å². The van der Waals surface area contributed by atoms with E-state index < -0.39 is 52.4 Å². The van der Waals surface area contributed by atoms with Gasteiger partial charge in [-0.1, -0.05) is 187 Å². The van der Waals surface area contributed by atoms with Crippen molar-refractivity contribution in [3.05, 3.63) is 238 Å². The van der Waals surface area contributed by atoms with Crippen LogP contribution in [0, 0.1) is 0 Å². The lowest BCUT2D eigenvalue weighted by molar-refractivity contribution is -0.150. The van der Waals surface area contributed by atoms with Gasteiger partial charge in [0.15, 0.2) is 10.8 Å². The normalized spacial score (nSPS) is 18.3. The smallest absolute Gasteiger partial charge is 0.352 e. The zero-order valence-electron chi connectivity index (χ0n) is 36.3. The summed E-state index contributed by atoms with van der Waals surface area (Å²) in [6, 6.07) is 57.9. The number of anilines is 1. The van der Waals surface area contributed by atoms with Gasteiger partial charge in [0.2, 0.25) is 5.60 Å². The number of carboxylic acid groups (broad SMARTS) is 1. The molecule has 2 fully saturated rings. The fraction of sp³-hybridized carbons (Fsp3) is 0.148. The van der Waals surface area contributed by atoms with Crippen molar-refractivity contribution in [2.24, 2.45) is 5.16 Å². The molecular weight excluding hydrogens is 895 g/mol. The first kappa shape index (κ1) is 44.0. The van der Waals surface area contributed by atoms with E-state index in [0.717, 1.165) is 33.4 Å². The number of carbonyl (C=O) groups is 4. The molecule has 14 heteroatoms. The Bertz CT molecular complexity index is 2840. The Morgan fingerprint density at radius 3 is 1.62 bits per heavy atom. The Hall–Kier alpha value is -7.81. The molecule has 3 aliphatic rings. The van der Waals surface area contributed by atoms with Gasteiger partial charge in [-0.3, -0.25) is 19.3 Å². The molecule has 0 aliphatic carbocycles. The molecule has 0 bridgehead atoms.